The maximum atomic E-state index is 6.09. The molecule has 0 unspecified atom stereocenters. The lowest BCUT2D eigenvalue weighted by atomic mass is 10.0. The highest BCUT2D eigenvalue weighted by Crippen LogP contribution is 2.27. The van der Waals surface area contributed by atoms with Gasteiger partial charge >= 0.3 is 0 Å². The van der Waals surface area contributed by atoms with Gasteiger partial charge in [0.05, 0.1) is 0 Å². The van der Waals surface area contributed by atoms with Crippen molar-refractivity contribution in [1.82, 2.24) is 0 Å². The van der Waals surface area contributed by atoms with Crippen molar-refractivity contribution in [3.8, 4) is 5.75 Å². The number of nitrogens with one attached hydrogen (secondary N) is 1. The van der Waals surface area contributed by atoms with Gasteiger partial charge in [-0.1, -0.05) is 26.0 Å². The van der Waals surface area contributed by atoms with Gasteiger partial charge in [0.1, 0.15) is 44.2 Å². The van der Waals surface area contributed by atoms with E-state index in [0.29, 0.717) is 18.1 Å². The molecule has 0 radical (unpaired) electrons. The lowest BCUT2D eigenvalue weighted by Gasteiger charge is -2.32. The van der Waals surface area contributed by atoms with Gasteiger partial charge in [0, 0.05) is 0 Å². The fourth-order valence-electron chi connectivity index (χ4n) is 3.14. The second-order valence-electron chi connectivity index (χ2n) is 6.71. The van der Waals surface area contributed by atoms with Gasteiger partial charge in [-0.25, -0.2) is 0 Å². The van der Waals surface area contributed by atoms with E-state index in [4.69, 9.17) is 9.47 Å². The zero-order chi connectivity index (χ0) is 15.4. The van der Waals surface area contributed by atoms with Crippen molar-refractivity contribution in [3.05, 3.63) is 29.3 Å². The molecule has 0 amide bonds. The van der Waals surface area contributed by atoms with Crippen LogP contribution in [-0.4, -0.2) is 38.4 Å². The quantitative estimate of drug-likeness (QED) is 0.899. The van der Waals surface area contributed by atoms with E-state index in [1.54, 1.807) is 4.90 Å². The van der Waals surface area contributed by atoms with Gasteiger partial charge in [0.25, 0.3) is 0 Å². The highest BCUT2D eigenvalue weighted by Gasteiger charge is 2.25. The third-order valence-electron chi connectivity index (χ3n) is 4.12. The number of ether oxygens (including phenoxy) is 2. The van der Waals surface area contributed by atoms with Crippen LogP contribution in [0.1, 0.15) is 44.7 Å². The van der Waals surface area contributed by atoms with Crippen LogP contribution in [0.25, 0.3) is 0 Å². The number of aryl methyl sites for hydroxylation is 1. The first-order valence-corrected chi connectivity index (χ1v) is 8.18. The van der Waals surface area contributed by atoms with Crippen molar-refractivity contribution in [2.24, 2.45) is 0 Å². The van der Waals surface area contributed by atoms with Gasteiger partial charge < -0.3 is 14.4 Å². The Morgan fingerprint density at radius 2 is 1.90 bits per heavy atom. The summed E-state index contributed by atoms with van der Waals surface area (Å²) < 4.78 is 11.9. The molecule has 0 bridgehead atoms. The predicted octanol–water partition coefficient (Wildman–Crippen LogP) is 2.19. The maximum absolute atomic E-state index is 6.09. The van der Waals surface area contributed by atoms with Gasteiger partial charge in [-0.2, -0.15) is 0 Å². The second kappa shape index (κ2) is 7.28. The molecule has 1 aromatic rings. The standard InChI is InChI=1S/C18H29NO2/c1-13(2)17-7-6-14(3)10-18(17)20-9-8-19-11-15(4)21-16(5)12-19/h6-7,10,13,15-16H,8-9,11-12H2,1-5H3/p+1/t15-,16-/m0/s1. The van der Waals surface area contributed by atoms with Crippen molar-refractivity contribution in [2.75, 3.05) is 26.2 Å². The van der Waals surface area contributed by atoms with Gasteiger partial charge in [0.2, 0.25) is 0 Å². The number of morpholine rings is 1. The fourth-order valence-corrected chi connectivity index (χ4v) is 3.14. The summed E-state index contributed by atoms with van der Waals surface area (Å²) >= 11 is 0. The van der Waals surface area contributed by atoms with Crippen LogP contribution < -0.4 is 9.64 Å². The van der Waals surface area contributed by atoms with E-state index in [0.717, 1.165) is 32.0 Å². The Bertz CT molecular complexity index is 449. The lowest BCUT2D eigenvalue weighted by Crippen LogP contribution is -3.16. The normalized spacial score (nSPS) is 26.1. The molecule has 3 nitrogen and oxygen atoms in total. The van der Waals surface area contributed by atoms with Gasteiger partial charge in [-0.05, 0) is 43.9 Å². The molecule has 3 heteroatoms. The molecule has 2 rings (SSSR count). The molecule has 1 aromatic carbocycles. The summed E-state index contributed by atoms with van der Waals surface area (Å²) in [6.07, 6.45) is 0.711. The van der Waals surface area contributed by atoms with Crippen LogP contribution in [0, 0.1) is 6.92 Å². The van der Waals surface area contributed by atoms with Crippen LogP contribution in [0.2, 0.25) is 0 Å². The molecule has 1 saturated heterocycles. The molecule has 0 aliphatic carbocycles. The second-order valence-corrected chi connectivity index (χ2v) is 6.71. The summed E-state index contributed by atoms with van der Waals surface area (Å²) in [6.45, 7) is 14.9. The molecule has 1 N–H and O–H groups in total. The summed E-state index contributed by atoms with van der Waals surface area (Å²) in [5, 5.41) is 0. The topological polar surface area (TPSA) is 22.9 Å². The van der Waals surface area contributed by atoms with Crippen molar-refractivity contribution in [2.45, 2.75) is 52.7 Å². The zero-order valence-corrected chi connectivity index (χ0v) is 14.1. The molecule has 0 saturated carbocycles. The average molecular weight is 292 g/mol. The fraction of sp³-hybridized carbons (Fsp3) is 0.667. The van der Waals surface area contributed by atoms with E-state index >= 15 is 0 Å². The molecule has 0 spiro atoms. The number of benzene rings is 1. The van der Waals surface area contributed by atoms with Crippen LogP contribution >= 0.6 is 0 Å². The van der Waals surface area contributed by atoms with Crippen LogP contribution in [0.3, 0.4) is 0 Å². The van der Waals surface area contributed by atoms with Crippen molar-refractivity contribution in [3.63, 3.8) is 0 Å². The minimum atomic E-state index is 0.356. The number of hydrogen-bond donors (Lipinski definition) is 1. The van der Waals surface area contributed by atoms with E-state index in [9.17, 15) is 0 Å². The third kappa shape index (κ3) is 4.72. The Kier molecular flexibility index (Phi) is 5.65. The molecule has 21 heavy (non-hydrogen) atoms. The molecular weight excluding hydrogens is 262 g/mol. The molecule has 1 heterocycles. The Labute approximate surface area is 129 Å². The first-order chi connectivity index (χ1) is 9.95. The van der Waals surface area contributed by atoms with Crippen LogP contribution in [0.4, 0.5) is 0 Å². The van der Waals surface area contributed by atoms with Gasteiger partial charge in [-0.15, -0.1) is 0 Å². The minimum absolute atomic E-state index is 0.356. The highest BCUT2D eigenvalue weighted by atomic mass is 16.5. The van der Waals surface area contributed by atoms with Gasteiger partial charge in [-0.3, -0.25) is 0 Å². The zero-order valence-electron chi connectivity index (χ0n) is 14.1. The number of hydrogen-bond acceptors (Lipinski definition) is 2. The van der Waals surface area contributed by atoms with Crippen LogP contribution in [0.15, 0.2) is 18.2 Å². The summed E-state index contributed by atoms with van der Waals surface area (Å²) in [5.74, 6) is 1.55. The monoisotopic (exact) mass is 292 g/mol. The van der Waals surface area contributed by atoms with E-state index in [1.807, 2.05) is 0 Å². The molecule has 1 aliphatic rings. The maximum Gasteiger partial charge on any atom is 0.137 e. The molecule has 0 aromatic heterocycles. The van der Waals surface area contributed by atoms with Crippen molar-refractivity contribution in [1.29, 1.82) is 0 Å². The first-order valence-electron chi connectivity index (χ1n) is 8.18. The minimum Gasteiger partial charge on any atom is -0.487 e. The Morgan fingerprint density at radius 3 is 2.52 bits per heavy atom. The largest absolute Gasteiger partial charge is 0.487 e. The Morgan fingerprint density at radius 1 is 1.24 bits per heavy atom. The van der Waals surface area contributed by atoms with Crippen LogP contribution in [-0.2, 0) is 4.74 Å². The summed E-state index contributed by atoms with van der Waals surface area (Å²) in [7, 11) is 0. The summed E-state index contributed by atoms with van der Waals surface area (Å²) in [4.78, 5) is 1.58. The molecule has 2 atom stereocenters. The molecule has 1 aliphatic heterocycles. The highest BCUT2D eigenvalue weighted by molar-refractivity contribution is 5.39. The van der Waals surface area contributed by atoms with E-state index in [2.05, 4.69) is 52.8 Å². The Hall–Kier alpha value is -1.06. The Balaban J connectivity index is 1.90. The van der Waals surface area contributed by atoms with E-state index in [-0.39, 0.29) is 0 Å². The van der Waals surface area contributed by atoms with Crippen LogP contribution in [0.5, 0.6) is 5.75 Å². The van der Waals surface area contributed by atoms with E-state index in [1.165, 1.54) is 11.1 Å². The average Bonchev–Trinajstić information content (AvgIpc) is 2.37. The molecular formula is C18H30NO2+. The van der Waals surface area contributed by atoms with E-state index < -0.39 is 0 Å². The molecule has 118 valence electrons. The third-order valence-corrected chi connectivity index (χ3v) is 4.12. The number of rotatable bonds is 5. The molecule has 1 fully saturated rings. The van der Waals surface area contributed by atoms with Crippen molar-refractivity contribution >= 4 is 0 Å². The lowest BCUT2D eigenvalue weighted by molar-refractivity contribution is -0.915. The smallest absolute Gasteiger partial charge is 0.137 e. The summed E-state index contributed by atoms with van der Waals surface area (Å²) in [6, 6.07) is 6.52. The summed E-state index contributed by atoms with van der Waals surface area (Å²) in [5.41, 5.74) is 2.56. The van der Waals surface area contributed by atoms with Gasteiger partial charge in [0.15, 0.2) is 0 Å². The predicted molar refractivity (Wildman–Crippen MR) is 86.3 cm³/mol. The number of quaternary nitrogens is 1. The van der Waals surface area contributed by atoms with Crippen molar-refractivity contribution < 1.29 is 14.4 Å². The first kappa shape index (κ1) is 16.3. The SMILES string of the molecule is Cc1ccc(C(C)C)c(OCC[NH+]2C[C@H](C)O[C@@H](C)C2)c1.